The van der Waals surface area contributed by atoms with Crippen LogP contribution >= 0.6 is 34.7 Å². The van der Waals surface area contributed by atoms with E-state index in [0.717, 1.165) is 13.4 Å². The Morgan fingerprint density at radius 1 is 1.25 bits per heavy atom. The molecule has 0 bridgehead atoms. The molecular weight excluding hydrogens is 262 g/mol. The van der Waals surface area contributed by atoms with Crippen LogP contribution in [-0.2, 0) is 4.79 Å². The third-order valence-corrected chi connectivity index (χ3v) is 4.22. The molecule has 0 aliphatic heterocycles. The first-order valence-corrected chi connectivity index (χ1v) is 6.41. The standard InChI is InChI=1S/C11H6ClNOS2/c12-10-5-6-11(16-10)15-9-4-2-1-3-8(9)13-7-14/h1-6H. The Morgan fingerprint density at radius 2 is 2.06 bits per heavy atom. The van der Waals surface area contributed by atoms with E-state index in [9.17, 15) is 4.79 Å². The Morgan fingerprint density at radius 3 is 2.75 bits per heavy atom. The van der Waals surface area contributed by atoms with Crippen LogP contribution in [0.4, 0.5) is 5.69 Å². The maximum atomic E-state index is 10.3. The predicted molar refractivity (Wildman–Crippen MR) is 67.7 cm³/mol. The van der Waals surface area contributed by atoms with E-state index < -0.39 is 0 Å². The van der Waals surface area contributed by atoms with Crippen molar-refractivity contribution in [2.45, 2.75) is 9.10 Å². The summed E-state index contributed by atoms with van der Waals surface area (Å²) in [6.45, 7) is 0. The lowest BCUT2D eigenvalue weighted by Gasteiger charge is -2.00. The van der Waals surface area contributed by atoms with E-state index >= 15 is 0 Å². The molecule has 2 aromatic rings. The van der Waals surface area contributed by atoms with Gasteiger partial charge in [0.25, 0.3) is 0 Å². The second kappa shape index (κ2) is 5.32. The maximum absolute atomic E-state index is 10.3. The molecule has 0 N–H and O–H groups in total. The van der Waals surface area contributed by atoms with Crippen LogP contribution < -0.4 is 0 Å². The SMILES string of the molecule is O=C=Nc1ccccc1Sc1ccc(Cl)s1. The van der Waals surface area contributed by atoms with Gasteiger partial charge in [-0.1, -0.05) is 35.5 Å². The van der Waals surface area contributed by atoms with Crippen molar-refractivity contribution < 1.29 is 4.79 Å². The van der Waals surface area contributed by atoms with Gasteiger partial charge >= 0.3 is 0 Å². The highest BCUT2D eigenvalue weighted by Gasteiger charge is 2.05. The molecule has 0 spiro atoms. The largest absolute Gasteiger partial charge is 0.240 e. The van der Waals surface area contributed by atoms with Crippen molar-refractivity contribution in [3.05, 3.63) is 40.7 Å². The average Bonchev–Trinajstić information content (AvgIpc) is 2.67. The lowest BCUT2D eigenvalue weighted by Crippen LogP contribution is -1.71. The first-order valence-electron chi connectivity index (χ1n) is 4.39. The lowest BCUT2D eigenvalue weighted by molar-refractivity contribution is 0.565. The molecule has 1 heterocycles. The fourth-order valence-corrected chi connectivity index (χ4v) is 3.48. The first-order chi connectivity index (χ1) is 7.79. The number of isocyanates is 1. The molecule has 0 amide bonds. The zero-order valence-electron chi connectivity index (χ0n) is 8.01. The van der Waals surface area contributed by atoms with E-state index in [1.807, 2.05) is 30.3 Å². The molecule has 0 fully saturated rings. The first kappa shape index (κ1) is 11.4. The molecule has 0 saturated heterocycles. The van der Waals surface area contributed by atoms with Crippen molar-refractivity contribution in [2.75, 3.05) is 0 Å². The highest BCUT2D eigenvalue weighted by molar-refractivity contribution is 8.01. The van der Waals surface area contributed by atoms with Crippen LogP contribution in [0.5, 0.6) is 0 Å². The van der Waals surface area contributed by atoms with Gasteiger partial charge < -0.3 is 0 Å². The molecule has 1 aromatic carbocycles. The molecule has 16 heavy (non-hydrogen) atoms. The Bertz CT molecular complexity index is 546. The van der Waals surface area contributed by atoms with Gasteiger partial charge in [0.15, 0.2) is 0 Å². The number of carbonyl (C=O) groups excluding carboxylic acids is 1. The topological polar surface area (TPSA) is 29.4 Å². The molecule has 2 rings (SSSR count). The summed E-state index contributed by atoms with van der Waals surface area (Å²) in [4.78, 5) is 14.8. The molecule has 80 valence electrons. The summed E-state index contributed by atoms with van der Waals surface area (Å²) in [6, 6.07) is 11.2. The van der Waals surface area contributed by atoms with Crippen molar-refractivity contribution in [3.63, 3.8) is 0 Å². The van der Waals surface area contributed by atoms with E-state index in [0.29, 0.717) is 5.69 Å². The Labute approximate surface area is 106 Å². The fraction of sp³-hybridized carbons (Fsp3) is 0. The molecule has 0 unspecified atom stereocenters. The average molecular weight is 268 g/mol. The number of thiophene rings is 1. The fourth-order valence-electron chi connectivity index (χ4n) is 1.15. The highest BCUT2D eigenvalue weighted by Crippen LogP contribution is 2.39. The van der Waals surface area contributed by atoms with Crippen LogP contribution in [0, 0.1) is 0 Å². The lowest BCUT2D eigenvalue weighted by atomic mass is 10.3. The number of nitrogens with zero attached hydrogens (tertiary/aromatic N) is 1. The molecule has 0 aliphatic rings. The maximum Gasteiger partial charge on any atom is 0.240 e. The third kappa shape index (κ3) is 2.74. The summed E-state index contributed by atoms with van der Waals surface area (Å²) < 4.78 is 1.82. The number of hydrogen-bond acceptors (Lipinski definition) is 4. The van der Waals surface area contributed by atoms with Crippen LogP contribution in [0.2, 0.25) is 4.34 Å². The predicted octanol–water partition coefficient (Wildman–Crippen LogP) is 4.52. The van der Waals surface area contributed by atoms with E-state index in [1.165, 1.54) is 23.1 Å². The molecule has 0 saturated carbocycles. The molecule has 2 nitrogen and oxygen atoms in total. The Kier molecular flexibility index (Phi) is 3.80. The minimum absolute atomic E-state index is 0.632. The zero-order valence-corrected chi connectivity index (χ0v) is 10.4. The number of benzene rings is 1. The summed E-state index contributed by atoms with van der Waals surface area (Å²) in [5.74, 6) is 0. The minimum atomic E-state index is 0.632. The second-order valence-electron chi connectivity index (χ2n) is 2.83. The van der Waals surface area contributed by atoms with E-state index in [-0.39, 0.29) is 0 Å². The van der Waals surface area contributed by atoms with Crippen molar-refractivity contribution in [3.8, 4) is 0 Å². The number of halogens is 1. The van der Waals surface area contributed by atoms with E-state index in [4.69, 9.17) is 11.6 Å². The van der Waals surface area contributed by atoms with Crippen molar-refractivity contribution in [1.82, 2.24) is 0 Å². The highest BCUT2D eigenvalue weighted by atomic mass is 35.5. The minimum Gasteiger partial charge on any atom is -0.211 e. The normalized spacial score (nSPS) is 9.81. The Hall–Kier alpha value is -1.06. The molecule has 1 aromatic heterocycles. The second-order valence-corrected chi connectivity index (χ2v) is 5.89. The molecule has 0 atom stereocenters. The van der Waals surface area contributed by atoms with Crippen LogP contribution in [0.25, 0.3) is 0 Å². The number of hydrogen-bond donors (Lipinski definition) is 0. The summed E-state index contributed by atoms with van der Waals surface area (Å²) in [6.07, 6.45) is 1.55. The van der Waals surface area contributed by atoms with Gasteiger partial charge in [0.2, 0.25) is 6.08 Å². The van der Waals surface area contributed by atoms with Gasteiger partial charge in [0.05, 0.1) is 14.2 Å². The molecular formula is C11H6ClNOS2. The van der Waals surface area contributed by atoms with Crippen LogP contribution in [0.3, 0.4) is 0 Å². The summed E-state index contributed by atoms with van der Waals surface area (Å²) in [5.41, 5.74) is 0.632. The van der Waals surface area contributed by atoms with E-state index in [1.54, 1.807) is 12.1 Å². The Balaban J connectivity index is 2.30. The van der Waals surface area contributed by atoms with E-state index in [2.05, 4.69) is 4.99 Å². The third-order valence-electron chi connectivity index (χ3n) is 1.79. The van der Waals surface area contributed by atoms with Crippen molar-refractivity contribution in [2.24, 2.45) is 4.99 Å². The zero-order chi connectivity index (χ0) is 11.4. The number of para-hydroxylation sites is 1. The van der Waals surface area contributed by atoms with Gasteiger partial charge in [-0.25, -0.2) is 4.79 Å². The van der Waals surface area contributed by atoms with Gasteiger partial charge in [0.1, 0.15) is 0 Å². The summed E-state index contributed by atoms with van der Waals surface area (Å²) in [7, 11) is 0. The van der Waals surface area contributed by atoms with Gasteiger partial charge in [-0.3, -0.25) is 0 Å². The van der Waals surface area contributed by atoms with Crippen molar-refractivity contribution in [1.29, 1.82) is 0 Å². The molecule has 5 heteroatoms. The number of rotatable bonds is 3. The van der Waals surface area contributed by atoms with Gasteiger partial charge in [-0.15, -0.1) is 11.3 Å². The monoisotopic (exact) mass is 267 g/mol. The molecule has 0 aliphatic carbocycles. The smallest absolute Gasteiger partial charge is 0.211 e. The summed E-state index contributed by atoms with van der Waals surface area (Å²) in [5, 5.41) is 0. The number of aliphatic imine (C=N–C) groups is 1. The molecule has 0 radical (unpaired) electrons. The van der Waals surface area contributed by atoms with Crippen LogP contribution in [-0.4, -0.2) is 6.08 Å². The van der Waals surface area contributed by atoms with Crippen molar-refractivity contribution >= 4 is 46.5 Å². The van der Waals surface area contributed by atoms with Gasteiger partial charge in [-0.2, -0.15) is 4.99 Å². The quantitative estimate of drug-likeness (QED) is 0.604. The van der Waals surface area contributed by atoms with Crippen LogP contribution in [0.1, 0.15) is 0 Å². The van der Waals surface area contributed by atoms with Gasteiger partial charge in [-0.05, 0) is 24.3 Å². The van der Waals surface area contributed by atoms with Crippen LogP contribution in [0.15, 0.2) is 50.5 Å². The summed E-state index contributed by atoms with van der Waals surface area (Å²) >= 11 is 8.88. The van der Waals surface area contributed by atoms with Gasteiger partial charge in [0, 0.05) is 4.90 Å².